The third kappa shape index (κ3) is 3.98. The highest BCUT2D eigenvalue weighted by Gasteiger charge is 2.02. The zero-order chi connectivity index (χ0) is 12.1. The molecule has 0 aliphatic heterocycles. The van der Waals surface area contributed by atoms with Crippen LogP contribution >= 0.6 is 15.9 Å². The summed E-state index contributed by atoms with van der Waals surface area (Å²) in [5, 5.41) is 7.67. The van der Waals surface area contributed by atoms with E-state index in [4.69, 9.17) is 0 Å². The summed E-state index contributed by atoms with van der Waals surface area (Å²) in [6, 6.07) is 10.7. The second-order valence-corrected chi connectivity index (χ2v) is 5.05. The largest absolute Gasteiger partial charge is 0.308 e. The molecule has 4 heteroatoms. The monoisotopic (exact) mass is 293 g/mol. The van der Waals surface area contributed by atoms with Crippen LogP contribution in [-0.4, -0.2) is 15.8 Å². The Morgan fingerprint density at radius 3 is 2.76 bits per heavy atom. The van der Waals surface area contributed by atoms with E-state index >= 15 is 0 Å². The van der Waals surface area contributed by atoms with Crippen molar-refractivity contribution in [2.75, 3.05) is 0 Å². The average Bonchev–Trinajstić information content (AvgIpc) is 2.81. The van der Waals surface area contributed by atoms with Crippen LogP contribution in [0.3, 0.4) is 0 Å². The molecule has 17 heavy (non-hydrogen) atoms. The minimum atomic E-state index is 0.401. The van der Waals surface area contributed by atoms with Gasteiger partial charge in [0.1, 0.15) is 0 Å². The summed E-state index contributed by atoms with van der Waals surface area (Å²) in [6.07, 6.45) is 3.79. The molecule has 1 atom stereocenters. The zero-order valence-corrected chi connectivity index (χ0v) is 11.4. The van der Waals surface area contributed by atoms with Gasteiger partial charge >= 0.3 is 0 Å². The van der Waals surface area contributed by atoms with Crippen molar-refractivity contribution in [1.29, 1.82) is 0 Å². The summed E-state index contributed by atoms with van der Waals surface area (Å²) in [4.78, 5) is 0. The molecule has 0 fully saturated rings. The number of nitrogens with one attached hydrogen (secondary N) is 1. The first-order chi connectivity index (χ1) is 8.24. The van der Waals surface area contributed by atoms with E-state index in [-0.39, 0.29) is 0 Å². The molecule has 2 rings (SSSR count). The van der Waals surface area contributed by atoms with Crippen LogP contribution in [0.4, 0.5) is 0 Å². The summed E-state index contributed by atoms with van der Waals surface area (Å²) < 4.78 is 3.06. The number of hydrogen-bond acceptors (Lipinski definition) is 2. The summed E-state index contributed by atoms with van der Waals surface area (Å²) in [6.45, 7) is 3.94. The maximum Gasteiger partial charge on any atom is 0.0560 e. The Balaban J connectivity index is 1.79. The van der Waals surface area contributed by atoms with E-state index in [1.165, 1.54) is 5.56 Å². The Kier molecular flexibility index (Phi) is 4.34. The fourth-order valence-electron chi connectivity index (χ4n) is 1.65. The van der Waals surface area contributed by atoms with Crippen molar-refractivity contribution >= 4 is 15.9 Å². The van der Waals surface area contributed by atoms with Gasteiger partial charge in [0, 0.05) is 29.5 Å². The molecule has 1 heterocycles. The van der Waals surface area contributed by atoms with Crippen molar-refractivity contribution in [3.8, 4) is 0 Å². The van der Waals surface area contributed by atoms with Crippen LogP contribution in [0.1, 0.15) is 12.5 Å². The first kappa shape index (κ1) is 12.3. The van der Waals surface area contributed by atoms with E-state index in [2.05, 4.69) is 57.5 Å². The third-order valence-corrected chi connectivity index (χ3v) is 3.12. The zero-order valence-electron chi connectivity index (χ0n) is 9.81. The molecule has 0 bridgehead atoms. The second kappa shape index (κ2) is 5.98. The van der Waals surface area contributed by atoms with E-state index in [0.717, 1.165) is 17.6 Å². The van der Waals surface area contributed by atoms with Gasteiger partial charge in [-0.1, -0.05) is 28.1 Å². The van der Waals surface area contributed by atoms with Gasteiger partial charge in [0.2, 0.25) is 0 Å². The molecule has 1 unspecified atom stereocenters. The predicted molar refractivity (Wildman–Crippen MR) is 72.7 cm³/mol. The van der Waals surface area contributed by atoms with E-state index in [1.54, 1.807) is 6.20 Å². The molecule has 1 aromatic carbocycles. The molecule has 90 valence electrons. The SMILES string of the molecule is CC(Cn1cccn1)NCc1ccc(Br)cc1. The number of rotatable bonds is 5. The topological polar surface area (TPSA) is 29.9 Å². The lowest BCUT2D eigenvalue weighted by Crippen LogP contribution is -2.30. The second-order valence-electron chi connectivity index (χ2n) is 4.14. The smallest absolute Gasteiger partial charge is 0.0560 e. The van der Waals surface area contributed by atoms with Crippen molar-refractivity contribution in [2.45, 2.75) is 26.1 Å². The van der Waals surface area contributed by atoms with Gasteiger partial charge in [-0.15, -0.1) is 0 Å². The van der Waals surface area contributed by atoms with Crippen LogP contribution in [0.15, 0.2) is 47.2 Å². The van der Waals surface area contributed by atoms with Crippen LogP contribution in [0, 0.1) is 0 Å². The van der Waals surface area contributed by atoms with Crippen molar-refractivity contribution in [3.63, 3.8) is 0 Å². The first-order valence-corrected chi connectivity index (χ1v) is 6.48. The normalized spacial score (nSPS) is 12.6. The molecule has 0 spiro atoms. The van der Waals surface area contributed by atoms with Gasteiger partial charge in [-0.2, -0.15) is 5.10 Å². The molecule has 0 saturated carbocycles. The fourth-order valence-corrected chi connectivity index (χ4v) is 1.91. The summed E-state index contributed by atoms with van der Waals surface area (Å²) in [5.74, 6) is 0. The molecule has 3 nitrogen and oxygen atoms in total. The van der Waals surface area contributed by atoms with Crippen LogP contribution in [0.25, 0.3) is 0 Å². The molecule has 0 saturated heterocycles. The lowest BCUT2D eigenvalue weighted by atomic mass is 10.2. The van der Waals surface area contributed by atoms with Crippen LogP contribution in [0.2, 0.25) is 0 Å². The molecule has 0 amide bonds. The van der Waals surface area contributed by atoms with Gasteiger partial charge in [-0.05, 0) is 30.7 Å². The third-order valence-electron chi connectivity index (χ3n) is 2.59. The lowest BCUT2D eigenvalue weighted by Gasteiger charge is -2.13. The van der Waals surface area contributed by atoms with Gasteiger partial charge in [0.25, 0.3) is 0 Å². The van der Waals surface area contributed by atoms with E-state index in [0.29, 0.717) is 6.04 Å². The Hall–Kier alpha value is -1.13. The standard InChI is InChI=1S/C13H16BrN3/c1-11(10-17-8-2-7-16-17)15-9-12-3-5-13(14)6-4-12/h2-8,11,15H,9-10H2,1H3. The number of halogens is 1. The Bertz CT molecular complexity index is 436. The van der Waals surface area contributed by atoms with Gasteiger partial charge in [0.15, 0.2) is 0 Å². The Labute approximate surface area is 110 Å². The molecule has 2 aromatic rings. The summed E-state index contributed by atoms with van der Waals surface area (Å²) in [5.41, 5.74) is 1.29. The number of nitrogens with zero attached hydrogens (tertiary/aromatic N) is 2. The average molecular weight is 294 g/mol. The minimum Gasteiger partial charge on any atom is -0.308 e. The number of benzene rings is 1. The fraction of sp³-hybridized carbons (Fsp3) is 0.308. The maximum absolute atomic E-state index is 4.19. The van der Waals surface area contributed by atoms with Crippen LogP contribution < -0.4 is 5.32 Å². The lowest BCUT2D eigenvalue weighted by molar-refractivity contribution is 0.451. The minimum absolute atomic E-state index is 0.401. The molecule has 0 aliphatic carbocycles. The highest BCUT2D eigenvalue weighted by Crippen LogP contribution is 2.10. The van der Waals surface area contributed by atoms with Crippen molar-refractivity contribution in [1.82, 2.24) is 15.1 Å². The number of aromatic nitrogens is 2. The van der Waals surface area contributed by atoms with E-state index < -0.39 is 0 Å². The Morgan fingerprint density at radius 2 is 2.12 bits per heavy atom. The molecule has 0 aliphatic rings. The van der Waals surface area contributed by atoms with Crippen LogP contribution in [0.5, 0.6) is 0 Å². The van der Waals surface area contributed by atoms with Crippen LogP contribution in [-0.2, 0) is 13.1 Å². The van der Waals surface area contributed by atoms with Gasteiger partial charge in [0.05, 0.1) is 6.54 Å². The van der Waals surface area contributed by atoms with Crippen molar-refractivity contribution < 1.29 is 0 Å². The molecular weight excluding hydrogens is 278 g/mol. The maximum atomic E-state index is 4.19. The van der Waals surface area contributed by atoms with Gasteiger partial charge in [-0.3, -0.25) is 4.68 Å². The number of hydrogen-bond donors (Lipinski definition) is 1. The molecular formula is C13H16BrN3. The molecule has 0 radical (unpaired) electrons. The summed E-state index contributed by atoms with van der Waals surface area (Å²) >= 11 is 3.43. The van der Waals surface area contributed by atoms with Crippen molar-refractivity contribution in [2.24, 2.45) is 0 Å². The summed E-state index contributed by atoms with van der Waals surface area (Å²) in [7, 11) is 0. The van der Waals surface area contributed by atoms with Gasteiger partial charge < -0.3 is 5.32 Å². The molecule has 1 N–H and O–H groups in total. The van der Waals surface area contributed by atoms with E-state index in [1.807, 2.05) is 16.9 Å². The molecule has 1 aromatic heterocycles. The highest BCUT2D eigenvalue weighted by atomic mass is 79.9. The first-order valence-electron chi connectivity index (χ1n) is 5.69. The predicted octanol–water partition coefficient (Wildman–Crippen LogP) is 2.82. The van der Waals surface area contributed by atoms with E-state index in [9.17, 15) is 0 Å². The highest BCUT2D eigenvalue weighted by molar-refractivity contribution is 9.10. The van der Waals surface area contributed by atoms with Gasteiger partial charge in [-0.25, -0.2) is 0 Å². The quantitative estimate of drug-likeness (QED) is 0.919. The Morgan fingerprint density at radius 1 is 1.35 bits per heavy atom. The van der Waals surface area contributed by atoms with Crippen molar-refractivity contribution in [3.05, 3.63) is 52.8 Å².